The molecule has 0 saturated heterocycles. The van der Waals surface area contributed by atoms with Crippen LogP contribution in [0.4, 0.5) is 0 Å². The number of hydrogen-bond acceptors (Lipinski definition) is 1. The van der Waals surface area contributed by atoms with Crippen molar-refractivity contribution in [3.63, 3.8) is 0 Å². The van der Waals surface area contributed by atoms with Gasteiger partial charge in [-0.15, -0.1) is 0 Å². The van der Waals surface area contributed by atoms with Gasteiger partial charge in [0.25, 0.3) is 0 Å². The number of fused-ring (bicyclic) bond motifs is 1. The number of aryl methyl sites for hydroxylation is 1. The largest absolute Gasteiger partial charge is 0.353 e. The summed E-state index contributed by atoms with van der Waals surface area (Å²) in [5.41, 5.74) is 5.12. The molecule has 0 bridgehead atoms. The van der Waals surface area contributed by atoms with Crippen LogP contribution >= 0.6 is 0 Å². The molecule has 2 aromatic carbocycles. The van der Waals surface area contributed by atoms with Gasteiger partial charge in [-0.05, 0) is 55.7 Å². The van der Waals surface area contributed by atoms with Crippen LogP contribution in [0.25, 0.3) is 10.9 Å². The SMILES string of the molecule is Cc1cccc(C(CC(=O)NC2CCCCC2)c2cn(CC3CCCCC3)c3ccccc23)c1. The third kappa shape index (κ3) is 5.40. The van der Waals surface area contributed by atoms with Crippen LogP contribution in [-0.4, -0.2) is 16.5 Å². The minimum absolute atomic E-state index is 0.0704. The Morgan fingerprint density at radius 3 is 2.44 bits per heavy atom. The highest BCUT2D eigenvalue weighted by Gasteiger charge is 2.25. The molecule has 2 fully saturated rings. The number of para-hydroxylation sites is 1. The Bertz CT molecular complexity index is 1100. The monoisotopic (exact) mass is 456 g/mol. The molecule has 5 rings (SSSR count). The number of nitrogens with one attached hydrogen (secondary N) is 1. The van der Waals surface area contributed by atoms with Crippen LogP contribution in [-0.2, 0) is 11.3 Å². The minimum atomic E-state index is 0.0704. The van der Waals surface area contributed by atoms with E-state index < -0.39 is 0 Å². The third-order valence-corrected chi connectivity index (χ3v) is 8.18. The van der Waals surface area contributed by atoms with Gasteiger partial charge in [-0.25, -0.2) is 0 Å². The molecule has 3 nitrogen and oxygen atoms in total. The van der Waals surface area contributed by atoms with Crippen molar-refractivity contribution in [1.29, 1.82) is 0 Å². The molecule has 1 atom stereocenters. The third-order valence-electron chi connectivity index (χ3n) is 8.18. The Kier molecular flexibility index (Phi) is 7.37. The lowest BCUT2D eigenvalue weighted by atomic mass is 9.87. The fourth-order valence-corrected chi connectivity index (χ4v) is 6.36. The molecule has 3 heteroatoms. The average Bonchev–Trinajstić information content (AvgIpc) is 3.22. The summed E-state index contributed by atoms with van der Waals surface area (Å²) in [5, 5.41) is 4.68. The van der Waals surface area contributed by atoms with Crippen LogP contribution in [0.1, 0.15) is 93.2 Å². The minimum Gasteiger partial charge on any atom is -0.353 e. The molecular weight excluding hydrogens is 416 g/mol. The summed E-state index contributed by atoms with van der Waals surface area (Å²) in [6.07, 6.45) is 15.7. The first kappa shape index (κ1) is 23.2. The standard InChI is InChI=1S/C31H40N2O/c1-23-11-10-14-25(19-23)28(20-31(34)32-26-15-6-3-7-16-26)29-22-33(21-24-12-4-2-5-13-24)30-18-9-8-17-27(29)30/h8-11,14,17-19,22,24,26,28H,2-7,12-13,15-16,20-21H2,1H3,(H,32,34). The highest BCUT2D eigenvalue weighted by molar-refractivity contribution is 5.86. The molecule has 1 heterocycles. The van der Waals surface area contributed by atoms with Gasteiger partial charge in [0, 0.05) is 42.0 Å². The lowest BCUT2D eigenvalue weighted by molar-refractivity contribution is -0.122. The number of benzene rings is 2. The zero-order valence-corrected chi connectivity index (χ0v) is 20.8. The maximum Gasteiger partial charge on any atom is 0.221 e. The first-order valence-corrected chi connectivity index (χ1v) is 13.6. The smallest absolute Gasteiger partial charge is 0.221 e. The molecule has 1 N–H and O–H groups in total. The number of aromatic nitrogens is 1. The number of carbonyl (C=O) groups is 1. The Balaban J connectivity index is 1.47. The second-order valence-corrected chi connectivity index (χ2v) is 10.8. The number of hydrogen-bond donors (Lipinski definition) is 1. The van der Waals surface area contributed by atoms with Crippen LogP contribution in [0.5, 0.6) is 0 Å². The number of nitrogens with zero attached hydrogens (tertiary/aromatic N) is 1. The molecule has 3 aromatic rings. The van der Waals surface area contributed by atoms with E-state index >= 15 is 0 Å². The summed E-state index contributed by atoms with van der Waals surface area (Å²) in [4.78, 5) is 13.3. The molecule has 0 radical (unpaired) electrons. The van der Waals surface area contributed by atoms with Gasteiger partial charge in [0.1, 0.15) is 0 Å². The molecule has 1 aromatic heterocycles. The van der Waals surface area contributed by atoms with E-state index in [1.807, 2.05) is 0 Å². The van der Waals surface area contributed by atoms with Crippen molar-refractivity contribution in [1.82, 2.24) is 9.88 Å². The van der Waals surface area contributed by atoms with Crippen molar-refractivity contribution in [3.05, 3.63) is 71.4 Å². The van der Waals surface area contributed by atoms with Crippen LogP contribution in [0, 0.1) is 12.8 Å². The van der Waals surface area contributed by atoms with Crippen molar-refractivity contribution in [2.45, 2.75) is 96.1 Å². The summed E-state index contributed by atoms with van der Waals surface area (Å²) < 4.78 is 2.49. The van der Waals surface area contributed by atoms with Crippen molar-refractivity contribution in [2.24, 2.45) is 5.92 Å². The molecule has 1 unspecified atom stereocenters. The number of carbonyl (C=O) groups excluding carboxylic acids is 1. The van der Waals surface area contributed by atoms with E-state index in [9.17, 15) is 4.79 Å². The van der Waals surface area contributed by atoms with E-state index in [4.69, 9.17) is 0 Å². The zero-order chi connectivity index (χ0) is 23.3. The second kappa shape index (κ2) is 10.8. The van der Waals surface area contributed by atoms with Crippen molar-refractivity contribution >= 4 is 16.8 Å². The first-order chi connectivity index (χ1) is 16.7. The van der Waals surface area contributed by atoms with Crippen LogP contribution in [0.2, 0.25) is 0 Å². The Morgan fingerprint density at radius 1 is 0.941 bits per heavy atom. The molecular formula is C31H40N2O. The van der Waals surface area contributed by atoms with E-state index in [-0.39, 0.29) is 11.8 Å². The van der Waals surface area contributed by atoms with Gasteiger partial charge in [0.2, 0.25) is 5.91 Å². The topological polar surface area (TPSA) is 34.0 Å². The Hall–Kier alpha value is -2.55. The lowest BCUT2D eigenvalue weighted by Crippen LogP contribution is -2.36. The summed E-state index contributed by atoms with van der Waals surface area (Å²) in [6, 6.07) is 17.9. The van der Waals surface area contributed by atoms with E-state index in [1.165, 1.54) is 79.0 Å². The van der Waals surface area contributed by atoms with Gasteiger partial charge in [-0.3, -0.25) is 4.79 Å². The number of rotatable bonds is 7. The Labute approximate surface area is 204 Å². The molecule has 34 heavy (non-hydrogen) atoms. The van der Waals surface area contributed by atoms with Crippen molar-refractivity contribution in [3.8, 4) is 0 Å². The van der Waals surface area contributed by atoms with Gasteiger partial charge in [-0.2, -0.15) is 0 Å². The normalized spacial score (nSPS) is 18.7. The van der Waals surface area contributed by atoms with Gasteiger partial charge >= 0.3 is 0 Å². The zero-order valence-electron chi connectivity index (χ0n) is 20.8. The average molecular weight is 457 g/mol. The predicted molar refractivity (Wildman–Crippen MR) is 141 cm³/mol. The van der Waals surface area contributed by atoms with E-state index in [0.717, 1.165) is 25.3 Å². The summed E-state index contributed by atoms with van der Waals surface area (Å²) in [5.74, 6) is 1.04. The molecule has 0 aliphatic heterocycles. The maximum absolute atomic E-state index is 13.3. The summed E-state index contributed by atoms with van der Waals surface area (Å²) in [7, 11) is 0. The van der Waals surface area contributed by atoms with Crippen molar-refractivity contribution in [2.75, 3.05) is 0 Å². The Morgan fingerprint density at radius 2 is 1.68 bits per heavy atom. The molecule has 1 amide bonds. The van der Waals surface area contributed by atoms with Crippen LogP contribution < -0.4 is 5.32 Å². The van der Waals surface area contributed by atoms with Gasteiger partial charge < -0.3 is 9.88 Å². The predicted octanol–water partition coefficient (Wildman–Crippen LogP) is 7.50. The highest BCUT2D eigenvalue weighted by Crippen LogP contribution is 2.36. The van der Waals surface area contributed by atoms with E-state index in [2.05, 4.69) is 71.5 Å². The highest BCUT2D eigenvalue weighted by atomic mass is 16.1. The lowest BCUT2D eigenvalue weighted by Gasteiger charge is -2.24. The summed E-state index contributed by atoms with van der Waals surface area (Å²) >= 11 is 0. The molecule has 2 aliphatic rings. The van der Waals surface area contributed by atoms with Crippen molar-refractivity contribution < 1.29 is 4.79 Å². The fraction of sp³-hybridized carbons (Fsp3) is 0.516. The van der Waals surface area contributed by atoms with Crippen LogP contribution in [0.3, 0.4) is 0 Å². The first-order valence-electron chi connectivity index (χ1n) is 13.6. The fourth-order valence-electron chi connectivity index (χ4n) is 6.36. The van der Waals surface area contributed by atoms with E-state index in [0.29, 0.717) is 12.5 Å². The molecule has 0 spiro atoms. The van der Waals surface area contributed by atoms with Crippen LogP contribution in [0.15, 0.2) is 54.7 Å². The second-order valence-electron chi connectivity index (χ2n) is 10.8. The summed E-state index contributed by atoms with van der Waals surface area (Å²) in [6.45, 7) is 3.24. The van der Waals surface area contributed by atoms with Gasteiger partial charge in [-0.1, -0.05) is 86.6 Å². The van der Waals surface area contributed by atoms with Gasteiger partial charge in [0.05, 0.1) is 0 Å². The number of amides is 1. The maximum atomic E-state index is 13.3. The molecule has 2 aliphatic carbocycles. The van der Waals surface area contributed by atoms with E-state index in [1.54, 1.807) is 0 Å². The quantitative estimate of drug-likeness (QED) is 0.392. The van der Waals surface area contributed by atoms with Gasteiger partial charge in [0.15, 0.2) is 0 Å². The molecule has 2 saturated carbocycles. The molecule has 180 valence electrons.